The minimum atomic E-state index is -1.09. The molecule has 1 unspecified atom stereocenters. The van der Waals surface area contributed by atoms with E-state index in [-0.39, 0.29) is 5.78 Å². The van der Waals surface area contributed by atoms with Gasteiger partial charge in [0.1, 0.15) is 5.60 Å². The van der Waals surface area contributed by atoms with E-state index in [0.717, 1.165) is 17.6 Å². The van der Waals surface area contributed by atoms with E-state index < -0.39 is 5.60 Å². The maximum atomic E-state index is 11.4. The predicted molar refractivity (Wildman–Crippen MR) is 43.2 cm³/mol. The number of hydrogen-bond donors (Lipinski definition) is 1. The van der Waals surface area contributed by atoms with Gasteiger partial charge in [-0.05, 0) is 39.2 Å². The Kier molecular flexibility index (Phi) is 1.89. The van der Waals surface area contributed by atoms with Crippen LogP contribution in [0.25, 0.3) is 0 Å². The van der Waals surface area contributed by atoms with E-state index in [1.165, 1.54) is 0 Å². The molecule has 0 saturated heterocycles. The Morgan fingerprint density at radius 1 is 1.55 bits per heavy atom. The molecular weight excluding hydrogens is 140 g/mol. The SMILES string of the molecule is CC(C)=C1CCC(C)(O)C1=O. The van der Waals surface area contributed by atoms with Gasteiger partial charge in [0.25, 0.3) is 0 Å². The maximum Gasteiger partial charge on any atom is 0.189 e. The molecule has 2 heteroatoms. The molecule has 0 spiro atoms. The highest BCUT2D eigenvalue weighted by Gasteiger charge is 2.38. The van der Waals surface area contributed by atoms with Crippen molar-refractivity contribution >= 4 is 5.78 Å². The minimum absolute atomic E-state index is 0.0856. The van der Waals surface area contributed by atoms with Gasteiger partial charge in [-0.2, -0.15) is 0 Å². The van der Waals surface area contributed by atoms with Crippen molar-refractivity contribution in [2.24, 2.45) is 0 Å². The lowest BCUT2D eigenvalue weighted by molar-refractivity contribution is -0.129. The lowest BCUT2D eigenvalue weighted by Gasteiger charge is -2.11. The molecular formula is C9H14O2. The normalized spacial score (nSPS) is 31.3. The molecule has 0 bridgehead atoms. The first-order valence-corrected chi connectivity index (χ1v) is 3.88. The summed E-state index contributed by atoms with van der Waals surface area (Å²) in [5.74, 6) is -0.0856. The molecule has 0 aromatic heterocycles. The first-order chi connectivity index (χ1) is 4.95. The number of allylic oxidation sites excluding steroid dienone is 1. The Balaban J connectivity index is 2.98. The Morgan fingerprint density at radius 2 is 2.09 bits per heavy atom. The number of Topliss-reactive ketones (excluding diaryl/α,β-unsaturated/α-hetero) is 1. The Hall–Kier alpha value is -0.630. The van der Waals surface area contributed by atoms with Crippen molar-refractivity contribution in [2.75, 3.05) is 0 Å². The molecule has 2 nitrogen and oxygen atoms in total. The van der Waals surface area contributed by atoms with Crippen LogP contribution in [0, 0.1) is 0 Å². The van der Waals surface area contributed by atoms with Gasteiger partial charge in [0.05, 0.1) is 0 Å². The molecule has 1 aliphatic rings. The van der Waals surface area contributed by atoms with Crippen LogP contribution in [0.4, 0.5) is 0 Å². The van der Waals surface area contributed by atoms with Crippen LogP contribution in [0.1, 0.15) is 33.6 Å². The minimum Gasteiger partial charge on any atom is -0.382 e. The lowest BCUT2D eigenvalue weighted by atomic mass is 10.0. The highest BCUT2D eigenvalue weighted by molar-refractivity contribution is 6.04. The number of rotatable bonds is 0. The standard InChI is InChI=1S/C9H14O2/c1-6(2)7-4-5-9(3,11)8(7)10/h11H,4-5H2,1-3H3. The van der Waals surface area contributed by atoms with Crippen LogP contribution in [-0.4, -0.2) is 16.5 Å². The van der Waals surface area contributed by atoms with E-state index in [0.29, 0.717) is 6.42 Å². The van der Waals surface area contributed by atoms with E-state index in [9.17, 15) is 9.90 Å². The van der Waals surface area contributed by atoms with Gasteiger partial charge in [-0.15, -0.1) is 0 Å². The van der Waals surface area contributed by atoms with Gasteiger partial charge in [0, 0.05) is 0 Å². The molecule has 1 atom stereocenters. The van der Waals surface area contributed by atoms with Crippen LogP contribution in [0.3, 0.4) is 0 Å². The third kappa shape index (κ3) is 1.36. The number of aliphatic hydroxyl groups is 1. The second kappa shape index (κ2) is 2.45. The molecule has 1 fully saturated rings. The summed E-state index contributed by atoms with van der Waals surface area (Å²) in [6.45, 7) is 5.41. The fraction of sp³-hybridized carbons (Fsp3) is 0.667. The average molecular weight is 154 g/mol. The third-order valence-electron chi connectivity index (χ3n) is 2.23. The van der Waals surface area contributed by atoms with Crippen molar-refractivity contribution in [1.29, 1.82) is 0 Å². The summed E-state index contributed by atoms with van der Waals surface area (Å²) in [6, 6.07) is 0. The quantitative estimate of drug-likeness (QED) is 0.536. The number of carbonyl (C=O) groups excluding carboxylic acids is 1. The molecule has 1 aliphatic carbocycles. The summed E-state index contributed by atoms with van der Waals surface area (Å²) in [5.41, 5.74) is 0.759. The van der Waals surface area contributed by atoms with Gasteiger partial charge in [-0.3, -0.25) is 4.79 Å². The second-order valence-electron chi connectivity index (χ2n) is 3.58. The van der Waals surface area contributed by atoms with Crippen molar-refractivity contribution < 1.29 is 9.90 Å². The van der Waals surface area contributed by atoms with Crippen molar-refractivity contribution in [1.82, 2.24) is 0 Å². The molecule has 11 heavy (non-hydrogen) atoms. The van der Waals surface area contributed by atoms with E-state index in [1.54, 1.807) is 6.92 Å². The molecule has 1 N–H and O–H groups in total. The summed E-state index contributed by atoms with van der Waals surface area (Å²) in [7, 11) is 0. The third-order valence-corrected chi connectivity index (χ3v) is 2.23. The predicted octanol–water partition coefficient (Wildman–Crippen LogP) is 1.44. The van der Waals surface area contributed by atoms with Crippen LogP contribution >= 0.6 is 0 Å². The van der Waals surface area contributed by atoms with Crippen molar-refractivity contribution in [3.63, 3.8) is 0 Å². The molecule has 0 heterocycles. The molecule has 0 amide bonds. The van der Waals surface area contributed by atoms with E-state index in [4.69, 9.17) is 0 Å². The number of carbonyl (C=O) groups is 1. The average Bonchev–Trinajstić information content (AvgIpc) is 2.09. The van der Waals surface area contributed by atoms with Gasteiger partial charge < -0.3 is 5.11 Å². The molecule has 62 valence electrons. The Labute approximate surface area is 66.9 Å². The van der Waals surface area contributed by atoms with Gasteiger partial charge in [-0.25, -0.2) is 0 Å². The lowest BCUT2D eigenvalue weighted by Crippen LogP contribution is -2.29. The van der Waals surface area contributed by atoms with Crippen LogP contribution in [0.2, 0.25) is 0 Å². The molecule has 0 aromatic carbocycles. The highest BCUT2D eigenvalue weighted by Crippen LogP contribution is 2.31. The van der Waals surface area contributed by atoms with Crippen LogP contribution in [-0.2, 0) is 4.79 Å². The Morgan fingerprint density at radius 3 is 2.27 bits per heavy atom. The topological polar surface area (TPSA) is 37.3 Å². The zero-order chi connectivity index (χ0) is 8.65. The van der Waals surface area contributed by atoms with Crippen molar-refractivity contribution in [2.45, 2.75) is 39.2 Å². The number of hydrogen-bond acceptors (Lipinski definition) is 2. The fourth-order valence-corrected chi connectivity index (χ4v) is 1.40. The number of ketones is 1. The molecule has 0 aromatic rings. The summed E-state index contributed by atoms with van der Waals surface area (Å²) in [5, 5.41) is 9.50. The van der Waals surface area contributed by atoms with Gasteiger partial charge >= 0.3 is 0 Å². The molecule has 1 saturated carbocycles. The van der Waals surface area contributed by atoms with Crippen LogP contribution in [0.5, 0.6) is 0 Å². The summed E-state index contributed by atoms with van der Waals surface area (Å²) in [4.78, 5) is 11.4. The molecule has 0 aliphatic heterocycles. The van der Waals surface area contributed by atoms with Gasteiger partial charge in [-0.1, -0.05) is 5.57 Å². The second-order valence-corrected chi connectivity index (χ2v) is 3.58. The zero-order valence-electron chi connectivity index (χ0n) is 7.27. The highest BCUT2D eigenvalue weighted by atomic mass is 16.3. The molecule has 0 radical (unpaired) electrons. The zero-order valence-corrected chi connectivity index (χ0v) is 7.27. The van der Waals surface area contributed by atoms with Crippen LogP contribution in [0.15, 0.2) is 11.1 Å². The van der Waals surface area contributed by atoms with E-state index in [2.05, 4.69) is 0 Å². The Bertz CT molecular complexity index is 220. The van der Waals surface area contributed by atoms with E-state index >= 15 is 0 Å². The van der Waals surface area contributed by atoms with E-state index in [1.807, 2.05) is 13.8 Å². The smallest absolute Gasteiger partial charge is 0.189 e. The fourth-order valence-electron chi connectivity index (χ4n) is 1.40. The van der Waals surface area contributed by atoms with Gasteiger partial charge in [0.15, 0.2) is 5.78 Å². The molecule has 1 rings (SSSR count). The van der Waals surface area contributed by atoms with Crippen molar-refractivity contribution in [3.05, 3.63) is 11.1 Å². The summed E-state index contributed by atoms with van der Waals surface area (Å²) in [6.07, 6.45) is 1.31. The van der Waals surface area contributed by atoms with Crippen molar-refractivity contribution in [3.8, 4) is 0 Å². The largest absolute Gasteiger partial charge is 0.382 e. The summed E-state index contributed by atoms with van der Waals surface area (Å²) < 4.78 is 0. The summed E-state index contributed by atoms with van der Waals surface area (Å²) >= 11 is 0. The van der Waals surface area contributed by atoms with Crippen LogP contribution < -0.4 is 0 Å². The maximum absolute atomic E-state index is 11.4. The van der Waals surface area contributed by atoms with Gasteiger partial charge in [0.2, 0.25) is 0 Å². The first kappa shape index (κ1) is 8.47. The first-order valence-electron chi connectivity index (χ1n) is 3.88. The monoisotopic (exact) mass is 154 g/mol.